The normalized spacial score (nSPS) is 16.2. The van der Waals surface area contributed by atoms with Crippen LogP contribution in [0.4, 0.5) is 0 Å². The maximum absolute atomic E-state index is 13.1. The molecule has 1 aliphatic rings. The van der Waals surface area contributed by atoms with E-state index in [0.717, 1.165) is 25.0 Å². The van der Waals surface area contributed by atoms with Crippen LogP contribution < -0.4 is 5.32 Å². The van der Waals surface area contributed by atoms with Crippen molar-refractivity contribution in [3.05, 3.63) is 60.0 Å². The van der Waals surface area contributed by atoms with Crippen molar-refractivity contribution in [2.75, 3.05) is 25.1 Å². The minimum absolute atomic E-state index is 0.153. The summed E-state index contributed by atoms with van der Waals surface area (Å²) in [6.07, 6.45) is 7.33. The van der Waals surface area contributed by atoms with Crippen LogP contribution in [0.3, 0.4) is 0 Å². The summed E-state index contributed by atoms with van der Waals surface area (Å²) in [5.74, 6) is 1.15. The number of sulfonamides is 1. The van der Waals surface area contributed by atoms with Crippen LogP contribution in [0, 0.1) is 0 Å². The smallest absolute Gasteiger partial charge is 0.251 e. The third-order valence-electron chi connectivity index (χ3n) is 5.62. The van der Waals surface area contributed by atoms with Crippen molar-refractivity contribution < 1.29 is 13.2 Å². The SMILES string of the molecule is CSCCC(NC(=O)c1cccc(S(=O)(=O)N2CCCCC2)c1)c1nnc2ccccn12. The van der Waals surface area contributed by atoms with Gasteiger partial charge in [-0.1, -0.05) is 18.6 Å². The minimum atomic E-state index is -3.61. The molecule has 1 amide bonds. The van der Waals surface area contributed by atoms with E-state index in [0.29, 0.717) is 36.5 Å². The lowest BCUT2D eigenvalue weighted by Crippen LogP contribution is -2.36. The number of fused-ring (bicyclic) bond motifs is 1. The number of piperidine rings is 1. The van der Waals surface area contributed by atoms with E-state index < -0.39 is 10.0 Å². The van der Waals surface area contributed by atoms with E-state index in [2.05, 4.69) is 15.5 Å². The molecule has 1 unspecified atom stereocenters. The maximum Gasteiger partial charge on any atom is 0.251 e. The largest absolute Gasteiger partial charge is 0.342 e. The molecule has 0 spiro atoms. The van der Waals surface area contributed by atoms with Crippen molar-refractivity contribution in [3.8, 4) is 0 Å². The van der Waals surface area contributed by atoms with E-state index in [1.54, 1.807) is 30.0 Å². The number of amides is 1. The summed E-state index contributed by atoms with van der Waals surface area (Å²) >= 11 is 1.68. The van der Waals surface area contributed by atoms with E-state index in [-0.39, 0.29) is 16.8 Å². The number of hydrogen-bond acceptors (Lipinski definition) is 6. The average molecular weight is 474 g/mol. The Morgan fingerprint density at radius 3 is 2.72 bits per heavy atom. The Hall–Kier alpha value is -2.43. The Morgan fingerprint density at radius 2 is 1.94 bits per heavy atom. The van der Waals surface area contributed by atoms with Crippen LogP contribution in [0.5, 0.6) is 0 Å². The predicted molar refractivity (Wildman–Crippen MR) is 125 cm³/mol. The number of hydrogen-bond donors (Lipinski definition) is 1. The fourth-order valence-electron chi connectivity index (χ4n) is 3.89. The lowest BCUT2D eigenvalue weighted by molar-refractivity contribution is 0.0933. The lowest BCUT2D eigenvalue weighted by atomic mass is 10.1. The van der Waals surface area contributed by atoms with E-state index in [4.69, 9.17) is 0 Å². The number of rotatable bonds is 8. The standard InChI is InChI=1S/C22H27N5O3S2/c1-31-15-11-19(21-25-24-20-10-3-6-14-27(20)21)23-22(28)17-8-7-9-18(16-17)32(29,30)26-12-4-2-5-13-26/h3,6-10,14,16,19H,2,4-5,11-13,15H2,1H3,(H,23,28). The minimum Gasteiger partial charge on any atom is -0.342 e. The van der Waals surface area contributed by atoms with Gasteiger partial charge in [-0.05, 0) is 61.6 Å². The van der Waals surface area contributed by atoms with Crippen LogP contribution in [0.25, 0.3) is 5.65 Å². The van der Waals surface area contributed by atoms with Crippen molar-refractivity contribution >= 4 is 33.3 Å². The Bertz CT molecular complexity index is 1190. The van der Waals surface area contributed by atoms with Gasteiger partial charge in [0.2, 0.25) is 10.0 Å². The quantitative estimate of drug-likeness (QED) is 0.540. The summed E-state index contributed by atoms with van der Waals surface area (Å²) in [6, 6.07) is 11.6. The highest BCUT2D eigenvalue weighted by molar-refractivity contribution is 7.98. The van der Waals surface area contributed by atoms with Gasteiger partial charge in [0, 0.05) is 24.8 Å². The van der Waals surface area contributed by atoms with E-state index >= 15 is 0 Å². The van der Waals surface area contributed by atoms with Crippen LogP contribution in [0.15, 0.2) is 53.6 Å². The molecular weight excluding hydrogens is 446 g/mol. The zero-order valence-electron chi connectivity index (χ0n) is 18.0. The van der Waals surface area contributed by atoms with Crippen molar-refractivity contribution in [2.45, 2.75) is 36.6 Å². The molecule has 1 aromatic carbocycles. The zero-order valence-corrected chi connectivity index (χ0v) is 19.6. The van der Waals surface area contributed by atoms with E-state index in [9.17, 15) is 13.2 Å². The Kier molecular flexibility index (Phi) is 7.12. The van der Waals surface area contributed by atoms with Crippen LogP contribution in [0.2, 0.25) is 0 Å². The van der Waals surface area contributed by atoms with Gasteiger partial charge in [0.15, 0.2) is 11.5 Å². The number of thioether (sulfide) groups is 1. The van der Waals surface area contributed by atoms with Gasteiger partial charge < -0.3 is 5.32 Å². The first-order valence-corrected chi connectivity index (χ1v) is 13.5. The average Bonchev–Trinajstić information content (AvgIpc) is 3.26. The summed E-state index contributed by atoms with van der Waals surface area (Å²) in [5, 5.41) is 11.5. The second-order valence-electron chi connectivity index (χ2n) is 7.79. The van der Waals surface area contributed by atoms with Gasteiger partial charge in [0.25, 0.3) is 5.91 Å². The predicted octanol–water partition coefficient (Wildman–Crippen LogP) is 3.13. The number of nitrogens with one attached hydrogen (secondary N) is 1. The highest BCUT2D eigenvalue weighted by atomic mass is 32.2. The van der Waals surface area contributed by atoms with Gasteiger partial charge in [0.05, 0.1) is 10.9 Å². The molecule has 1 atom stereocenters. The number of carbonyl (C=O) groups excluding carboxylic acids is 1. The Labute approximate surface area is 192 Å². The van der Waals surface area contributed by atoms with Crippen LogP contribution in [-0.4, -0.2) is 58.3 Å². The molecule has 0 saturated carbocycles. The molecule has 0 radical (unpaired) electrons. The molecule has 10 heteroatoms. The summed E-state index contributed by atoms with van der Waals surface area (Å²) in [4.78, 5) is 13.3. The molecule has 32 heavy (non-hydrogen) atoms. The Morgan fingerprint density at radius 1 is 1.12 bits per heavy atom. The van der Waals surface area contributed by atoms with Gasteiger partial charge >= 0.3 is 0 Å². The van der Waals surface area contributed by atoms with Gasteiger partial charge in [-0.2, -0.15) is 16.1 Å². The first-order valence-electron chi connectivity index (χ1n) is 10.7. The molecular formula is C22H27N5O3S2. The number of carbonyl (C=O) groups is 1. The van der Waals surface area contributed by atoms with E-state index in [1.165, 1.54) is 10.4 Å². The molecule has 2 aromatic heterocycles. The zero-order chi connectivity index (χ0) is 22.6. The first kappa shape index (κ1) is 22.8. The first-order chi connectivity index (χ1) is 15.5. The molecule has 1 N–H and O–H groups in total. The molecule has 4 rings (SSSR count). The van der Waals surface area contributed by atoms with E-state index in [1.807, 2.05) is 35.1 Å². The van der Waals surface area contributed by atoms with Crippen molar-refractivity contribution in [2.24, 2.45) is 0 Å². The van der Waals surface area contributed by atoms with Crippen molar-refractivity contribution in [1.82, 2.24) is 24.2 Å². The second-order valence-corrected chi connectivity index (χ2v) is 10.7. The summed E-state index contributed by atoms with van der Waals surface area (Å²) in [5.41, 5.74) is 1.02. The van der Waals surface area contributed by atoms with Crippen LogP contribution in [-0.2, 0) is 10.0 Å². The summed E-state index contributed by atoms with van der Waals surface area (Å²) in [7, 11) is -3.61. The highest BCUT2D eigenvalue weighted by Gasteiger charge is 2.27. The fraction of sp³-hybridized carbons (Fsp3) is 0.409. The second kappa shape index (κ2) is 10.0. The molecule has 3 heterocycles. The van der Waals surface area contributed by atoms with Gasteiger partial charge in [-0.3, -0.25) is 9.20 Å². The molecule has 1 fully saturated rings. The molecule has 0 bridgehead atoms. The number of nitrogens with zero attached hydrogens (tertiary/aromatic N) is 4. The molecule has 170 valence electrons. The molecule has 8 nitrogen and oxygen atoms in total. The van der Waals surface area contributed by atoms with Gasteiger partial charge in [-0.25, -0.2) is 8.42 Å². The number of aromatic nitrogens is 3. The highest BCUT2D eigenvalue weighted by Crippen LogP contribution is 2.23. The number of benzene rings is 1. The van der Waals surface area contributed by atoms with Gasteiger partial charge in [0.1, 0.15) is 0 Å². The third-order valence-corrected chi connectivity index (χ3v) is 8.16. The molecule has 0 aliphatic carbocycles. The topological polar surface area (TPSA) is 96.7 Å². The van der Waals surface area contributed by atoms with Crippen LogP contribution in [0.1, 0.15) is 47.9 Å². The molecule has 3 aromatic rings. The molecule has 1 saturated heterocycles. The lowest BCUT2D eigenvalue weighted by Gasteiger charge is -2.26. The summed E-state index contributed by atoms with van der Waals surface area (Å²) < 4.78 is 29.4. The van der Waals surface area contributed by atoms with Crippen LogP contribution >= 0.6 is 11.8 Å². The monoisotopic (exact) mass is 473 g/mol. The fourth-order valence-corrected chi connectivity index (χ4v) is 5.93. The van der Waals surface area contributed by atoms with Crippen molar-refractivity contribution in [1.29, 1.82) is 0 Å². The third kappa shape index (κ3) is 4.82. The Balaban J connectivity index is 1.58. The maximum atomic E-state index is 13.1. The number of pyridine rings is 1. The van der Waals surface area contributed by atoms with Gasteiger partial charge in [-0.15, -0.1) is 10.2 Å². The summed E-state index contributed by atoms with van der Waals surface area (Å²) in [6.45, 7) is 1.05. The van der Waals surface area contributed by atoms with Crippen molar-refractivity contribution in [3.63, 3.8) is 0 Å². The molecule has 1 aliphatic heterocycles.